The molecule has 3 aromatic rings. The van der Waals surface area contributed by atoms with Gasteiger partial charge in [-0.3, -0.25) is 13.9 Å². The number of sulfonamides is 1. The van der Waals surface area contributed by atoms with Gasteiger partial charge in [-0.25, -0.2) is 8.42 Å². The van der Waals surface area contributed by atoms with E-state index >= 15 is 0 Å². The summed E-state index contributed by atoms with van der Waals surface area (Å²) in [6.07, 6.45) is 0.318. The van der Waals surface area contributed by atoms with Crippen molar-refractivity contribution in [1.82, 2.24) is 10.2 Å². The fourth-order valence-corrected chi connectivity index (χ4v) is 6.40. The number of ether oxygens (including phenoxy) is 1. The molecule has 3 rings (SSSR count). The quantitative estimate of drug-likeness (QED) is 0.314. The molecule has 1 N–H and O–H groups in total. The molecule has 0 saturated carbocycles. The molecule has 0 heterocycles. The van der Waals surface area contributed by atoms with Gasteiger partial charge in [0.05, 0.1) is 22.2 Å². The third-order valence-corrected chi connectivity index (χ3v) is 9.00. The van der Waals surface area contributed by atoms with Crippen molar-refractivity contribution in [2.45, 2.75) is 37.8 Å². The number of likely N-dealkylation sites (N-methyl/N-ethyl adjacent to an activating group) is 1. The molecule has 0 radical (unpaired) electrons. The number of anilines is 1. The van der Waals surface area contributed by atoms with Crippen LogP contribution in [0, 0.1) is 6.92 Å². The highest BCUT2D eigenvalue weighted by atomic mass is 79.9. The van der Waals surface area contributed by atoms with Crippen LogP contribution < -0.4 is 14.4 Å². The van der Waals surface area contributed by atoms with Crippen LogP contribution in [-0.4, -0.2) is 51.9 Å². The summed E-state index contributed by atoms with van der Waals surface area (Å²) in [6, 6.07) is 17.4. The third kappa shape index (κ3) is 7.12. The number of hydrogen-bond acceptors (Lipinski definition) is 5. The average Bonchev–Trinajstić information content (AvgIpc) is 2.92. The number of methoxy groups -OCH3 is 1. The molecular weight excluding hydrogens is 606 g/mol. The van der Waals surface area contributed by atoms with Crippen molar-refractivity contribution in [2.24, 2.45) is 0 Å². The first-order chi connectivity index (χ1) is 18.5. The van der Waals surface area contributed by atoms with Gasteiger partial charge in [0.25, 0.3) is 10.0 Å². The molecule has 39 heavy (non-hydrogen) atoms. The minimum absolute atomic E-state index is 0.0281. The monoisotopic (exact) mass is 635 g/mol. The predicted molar refractivity (Wildman–Crippen MR) is 157 cm³/mol. The van der Waals surface area contributed by atoms with Crippen LogP contribution in [0.25, 0.3) is 0 Å². The molecule has 0 saturated heterocycles. The molecule has 0 bridgehead atoms. The van der Waals surface area contributed by atoms with Crippen molar-refractivity contribution >= 4 is 55.1 Å². The number of rotatable bonds is 11. The molecule has 2 amide bonds. The second-order valence-corrected chi connectivity index (χ2v) is 11.9. The molecule has 0 aromatic heterocycles. The molecule has 0 spiro atoms. The predicted octanol–water partition coefficient (Wildman–Crippen LogP) is 5.17. The maximum atomic E-state index is 14.0. The summed E-state index contributed by atoms with van der Waals surface area (Å²) in [5, 5.41) is 3.04. The summed E-state index contributed by atoms with van der Waals surface area (Å²) >= 11 is 9.73. The first kappa shape index (κ1) is 30.5. The third-order valence-electron chi connectivity index (χ3n) is 6.24. The van der Waals surface area contributed by atoms with Gasteiger partial charge in [-0.1, -0.05) is 54.4 Å². The van der Waals surface area contributed by atoms with Gasteiger partial charge in [-0.15, -0.1) is 0 Å². The summed E-state index contributed by atoms with van der Waals surface area (Å²) in [4.78, 5) is 28.1. The summed E-state index contributed by atoms with van der Waals surface area (Å²) < 4.78 is 34.7. The van der Waals surface area contributed by atoms with Crippen molar-refractivity contribution in [3.8, 4) is 5.75 Å². The number of halogens is 2. The largest absolute Gasteiger partial charge is 0.496 e. The Morgan fingerprint density at radius 1 is 1.08 bits per heavy atom. The van der Waals surface area contributed by atoms with Crippen LogP contribution in [0.2, 0.25) is 5.02 Å². The number of benzene rings is 3. The molecule has 0 unspecified atom stereocenters. The number of amides is 2. The first-order valence-corrected chi connectivity index (χ1v) is 14.8. The van der Waals surface area contributed by atoms with Gasteiger partial charge in [0.2, 0.25) is 11.8 Å². The van der Waals surface area contributed by atoms with Crippen molar-refractivity contribution < 1.29 is 22.7 Å². The minimum Gasteiger partial charge on any atom is -0.496 e. The second kappa shape index (κ2) is 13.3. The fraction of sp³-hybridized carbons (Fsp3) is 0.286. The molecule has 0 aliphatic heterocycles. The van der Waals surface area contributed by atoms with Gasteiger partial charge in [0.15, 0.2) is 0 Å². The number of aryl methyl sites for hydroxylation is 1. The van der Waals surface area contributed by atoms with Gasteiger partial charge >= 0.3 is 0 Å². The number of carbonyl (C=O) groups excluding carboxylic acids is 2. The highest BCUT2D eigenvalue weighted by Gasteiger charge is 2.34. The van der Waals surface area contributed by atoms with E-state index in [0.29, 0.717) is 32.9 Å². The SMILES string of the molecule is CC[C@H](C(=O)NC)N(Cc1ccccc1Cl)C(=O)CN(c1ccc(C)cc1)S(=O)(=O)c1ccc(OC)c(Br)c1. The maximum absolute atomic E-state index is 14.0. The van der Waals surface area contributed by atoms with Crippen molar-refractivity contribution in [3.05, 3.63) is 87.4 Å². The van der Waals surface area contributed by atoms with Gasteiger partial charge in [-0.2, -0.15) is 0 Å². The van der Waals surface area contributed by atoms with Crippen LogP contribution in [0.3, 0.4) is 0 Å². The molecule has 0 fully saturated rings. The molecule has 3 aromatic carbocycles. The number of hydrogen-bond donors (Lipinski definition) is 1. The lowest BCUT2D eigenvalue weighted by atomic mass is 10.1. The zero-order valence-electron chi connectivity index (χ0n) is 22.1. The lowest BCUT2D eigenvalue weighted by molar-refractivity contribution is -0.140. The normalized spacial score (nSPS) is 11.9. The maximum Gasteiger partial charge on any atom is 0.264 e. The molecule has 8 nitrogen and oxygen atoms in total. The van der Waals surface area contributed by atoms with E-state index in [4.69, 9.17) is 16.3 Å². The van der Waals surface area contributed by atoms with Crippen molar-refractivity contribution in [1.29, 1.82) is 0 Å². The average molecular weight is 637 g/mol. The van der Waals surface area contributed by atoms with Gasteiger partial charge in [-0.05, 0) is 71.2 Å². The van der Waals surface area contributed by atoms with Crippen molar-refractivity contribution in [3.63, 3.8) is 0 Å². The molecule has 208 valence electrons. The topological polar surface area (TPSA) is 96.0 Å². The zero-order valence-corrected chi connectivity index (χ0v) is 25.3. The standard InChI is InChI=1S/C28H31BrClN3O5S/c1-5-25(28(35)31-3)32(17-20-8-6-7-9-24(20)30)27(34)18-33(21-12-10-19(2)11-13-21)39(36,37)22-14-15-26(38-4)23(29)16-22/h6-16,25H,5,17-18H2,1-4H3,(H,31,35)/t25-/m1/s1. The van der Waals surface area contributed by atoms with Crippen LogP contribution >= 0.6 is 27.5 Å². The molecule has 1 atom stereocenters. The highest BCUT2D eigenvalue weighted by molar-refractivity contribution is 9.10. The van der Waals surface area contributed by atoms with E-state index in [0.717, 1.165) is 9.87 Å². The van der Waals surface area contributed by atoms with Crippen LogP contribution in [-0.2, 0) is 26.2 Å². The molecule has 0 aliphatic carbocycles. The van der Waals surface area contributed by atoms with Gasteiger partial charge in [0, 0.05) is 18.6 Å². The Labute approximate surface area is 243 Å². The highest BCUT2D eigenvalue weighted by Crippen LogP contribution is 2.31. The Morgan fingerprint density at radius 2 is 1.74 bits per heavy atom. The summed E-state index contributed by atoms with van der Waals surface area (Å²) in [6.45, 7) is 3.17. The molecule has 11 heteroatoms. The van der Waals surface area contributed by atoms with E-state index in [1.165, 1.54) is 37.3 Å². The van der Waals surface area contributed by atoms with E-state index in [-0.39, 0.29) is 17.3 Å². The van der Waals surface area contributed by atoms with E-state index in [9.17, 15) is 18.0 Å². The van der Waals surface area contributed by atoms with Crippen LogP contribution in [0.15, 0.2) is 76.1 Å². The Bertz CT molecular complexity index is 1430. The Balaban J connectivity index is 2.09. The lowest BCUT2D eigenvalue weighted by Crippen LogP contribution is -2.51. The van der Waals surface area contributed by atoms with E-state index in [1.54, 1.807) is 55.5 Å². The van der Waals surface area contributed by atoms with E-state index in [2.05, 4.69) is 21.2 Å². The van der Waals surface area contributed by atoms with E-state index in [1.807, 2.05) is 6.92 Å². The summed E-state index contributed by atoms with van der Waals surface area (Å²) in [5.41, 5.74) is 1.88. The fourth-order valence-electron chi connectivity index (χ4n) is 4.07. The Hall–Kier alpha value is -3.08. The summed E-state index contributed by atoms with van der Waals surface area (Å²) in [7, 11) is -1.23. The van der Waals surface area contributed by atoms with Gasteiger partial charge < -0.3 is 15.0 Å². The Kier molecular flexibility index (Phi) is 10.4. The Morgan fingerprint density at radius 3 is 2.31 bits per heavy atom. The van der Waals surface area contributed by atoms with Crippen LogP contribution in [0.5, 0.6) is 5.75 Å². The van der Waals surface area contributed by atoms with Crippen LogP contribution in [0.4, 0.5) is 5.69 Å². The lowest BCUT2D eigenvalue weighted by Gasteiger charge is -2.33. The molecular formula is C28H31BrClN3O5S. The van der Waals surface area contributed by atoms with E-state index < -0.39 is 28.5 Å². The zero-order chi connectivity index (χ0) is 28.7. The van der Waals surface area contributed by atoms with Crippen molar-refractivity contribution in [2.75, 3.05) is 25.0 Å². The summed E-state index contributed by atoms with van der Waals surface area (Å²) in [5.74, 6) is -0.446. The molecule has 0 aliphatic rings. The van der Waals surface area contributed by atoms with Crippen LogP contribution in [0.1, 0.15) is 24.5 Å². The number of nitrogens with one attached hydrogen (secondary N) is 1. The second-order valence-electron chi connectivity index (χ2n) is 8.79. The number of carbonyl (C=O) groups is 2. The first-order valence-electron chi connectivity index (χ1n) is 12.2. The smallest absolute Gasteiger partial charge is 0.264 e. The van der Waals surface area contributed by atoms with Gasteiger partial charge in [0.1, 0.15) is 18.3 Å². The number of nitrogens with zero attached hydrogens (tertiary/aromatic N) is 2. The minimum atomic E-state index is -4.21.